The molecule has 1 aromatic heterocycles. The molecular formula is C15H18N4O2. The molecule has 0 N–H and O–H groups in total. The van der Waals surface area contributed by atoms with Gasteiger partial charge in [-0.25, -0.2) is 0 Å². The second-order valence-electron chi connectivity index (χ2n) is 5.34. The van der Waals surface area contributed by atoms with E-state index in [9.17, 15) is 0 Å². The molecule has 2 aliphatic heterocycles. The van der Waals surface area contributed by atoms with Gasteiger partial charge >= 0.3 is 0 Å². The van der Waals surface area contributed by atoms with Crippen LogP contribution in [0.1, 0.15) is 18.7 Å². The highest BCUT2D eigenvalue weighted by molar-refractivity contribution is 5.65. The Balaban J connectivity index is 1.54. The van der Waals surface area contributed by atoms with E-state index in [1.807, 2.05) is 6.07 Å². The Kier molecular flexibility index (Phi) is 3.33. The highest BCUT2D eigenvalue weighted by atomic mass is 16.7. The van der Waals surface area contributed by atoms with Gasteiger partial charge in [0.25, 0.3) is 0 Å². The van der Waals surface area contributed by atoms with Crippen LogP contribution in [-0.4, -0.2) is 40.8 Å². The van der Waals surface area contributed by atoms with Crippen molar-refractivity contribution in [1.82, 2.24) is 14.8 Å². The molecule has 21 heavy (non-hydrogen) atoms. The average Bonchev–Trinajstić information content (AvgIpc) is 3.02. The number of rotatable bonds is 3. The van der Waals surface area contributed by atoms with Crippen LogP contribution in [-0.2, 0) is 16.0 Å². The lowest BCUT2D eigenvalue weighted by molar-refractivity contribution is -0.179. The molecule has 6 nitrogen and oxygen atoms in total. The minimum atomic E-state index is -0.0780. The highest BCUT2D eigenvalue weighted by Gasteiger charge is 2.24. The Labute approximate surface area is 123 Å². The molecule has 1 aromatic carbocycles. The fraction of sp³-hybridized carbons (Fsp3) is 0.467. The number of para-hydroxylation sites is 2. The number of fused-ring (bicyclic) bond motifs is 3. The zero-order valence-electron chi connectivity index (χ0n) is 11.8. The summed E-state index contributed by atoms with van der Waals surface area (Å²) in [4.78, 5) is 2.32. The van der Waals surface area contributed by atoms with E-state index in [4.69, 9.17) is 9.47 Å². The summed E-state index contributed by atoms with van der Waals surface area (Å²) >= 11 is 0. The lowest BCUT2D eigenvalue weighted by Gasteiger charge is -2.32. The fourth-order valence-corrected chi connectivity index (χ4v) is 2.92. The van der Waals surface area contributed by atoms with Crippen molar-refractivity contribution in [3.63, 3.8) is 0 Å². The number of hydrogen-bond acceptors (Lipinski definition) is 5. The van der Waals surface area contributed by atoms with Crippen molar-refractivity contribution >= 4 is 5.69 Å². The van der Waals surface area contributed by atoms with Gasteiger partial charge in [-0.3, -0.25) is 4.57 Å². The normalized spacial score (nSPS) is 18.4. The van der Waals surface area contributed by atoms with Crippen molar-refractivity contribution in [2.24, 2.45) is 0 Å². The van der Waals surface area contributed by atoms with Crippen molar-refractivity contribution in [2.45, 2.75) is 25.7 Å². The van der Waals surface area contributed by atoms with E-state index in [0.717, 1.165) is 50.7 Å². The minimum absolute atomic E-state index is 0.0780. The Morgan fingerprint density at radius 3 is 2.81 bits per heavy atom. The summed E-state index contributed by atoms with van der Waals surface area (Å²) in [6.45, 7) is 3.25. The van der Waals surface area contributed by atoms with Gasteiger partial charge in [-0.15, -0.1) is 10.2 Å². The first-order chi connectivity index (χ1) is 10.4. The van der Waals surface area contributed by atoms with Crippen LogP contribution < -0.4 is 4.90 Å². The monoisotopic (exact) mass is 286 g/mol. The fourth-order valence-electron chi connectivity index (χ4n) is 2.92. The average molecular weight is 286 g/mol. The van der Waals surface area contributed by atoms with Gasteiger partial charge in [0.05, 0.1) is 31.1 Å². The number of nitrogens with zero attached hydrogens (tertiary/aromatic N) is 4. The number of hydrogen-bond donors (Lipinski definition) is 0. The summed E-state index contributed by atoms with van der Waals surface area (Å²) in [7, 11) is 0. The molecule has 2 aromatic rings. The van der Waals surface area contributed by atoms with E-state index >= 15 is 0 Å². The molecule has 0 amide bonds. The highest BCUT2D eigenvalue weighted by Crippen LogP contribution is 2.31. The van der Waals surface area contributed by atoms with Crippen LogP contribution in [0.5, 0.6) is 0 Å². The van der Waals surface area contributed by atoms with Crippen molar-refractivity contribution in [2.75, 3.05) is 24.7 Å². The summed E-state index contributed by atoms with van der Waals surface area (Å²) < 4.78 is 13.3. The van der Waals surface area contributed by atoms with Gasteiger partial charge in [-0.1, -0.05) is 12.1 Å². The smallest absolute Gasteiger partial charge is 0.159 e. The summed E-state index contributed by atoms with van der Waals surface area (Å²) in [6.07, 6.45) is 3.55. The van der Waals surface area contributed by atoms with Gasteiger partial charge in [0.2, 0.25) is 0 Å². The maximum Gasteiger partial charge on any atom is 0.159 e. The van der Waals surface area contributed by atoms with E-state index in [-0.39, 0.29) is 6.29 Å². The van der Waals surface area contributed by atoms with Gasteiger partial charge in [-0.05, 0) is 18.6 Å². The molecule has 0 saturated carbocycles. The predicted molar refractivity (Wildman–Crippen MR) is 77.3 cm³/mol. The lowest BCUT2D eigenvalue weighted by atomic mass is 10.2. The lowest BCUT2D eigenvalue weighted by Crippen LogP contribution is -2.34. The molecule has 110 valence electrons. The minimum Gasteiger partial charge on any atom is -0.362 e. The zero-order valence-corrected chi connectivity index (χ0v) is 11.8. The topological polar surface area (TPSA) is 52.4 Å². The number of anilines is 1. The summed E-state index contributed by atoms with van der Waals surface area (Å²) in [5, 5.41) is 8.23. The summed E-state index contributed by atoms with van der Waals surface area (Å²) in [5.41, 5.74) is 2.34. The third-order valence-electron chi connectivity index (χ3n) is 3.96. The molecule has 0 bridgehead atoms. The number of aromatic nitrogens is 3. The van der Waals surface area contributed by atoms with Crippen LogP contribution in [0, 0.1) is 0 Å². The van der Waals surface area contributed by atoms with E-state index < -0.39 is 0 Å². The molecule has 0 aliphatic carbocycles. The van der Waals surface area contributed by atoms with Crippen LogP contribution in [0.4, 0.5) is 5.69 Å². The van der Waals surface area contributed by atoms with Crippen LogP contribution in [0.25, 0.3) is 5.69 Å². The molecule has 0 spiro atoms. The predicted octanol–water partition coefficient (Wildman–Crippen LogP) is 1.74. The Morgan fingerprint density at radius 1 is 1.14 bits per heavy atom. The largest absolute Gasteiger partial charge is 0.362 e. The van der Waals surface area contributed by atoms with Crippen LogP contribution in [0.3, 0.4) is 0 Å². The molecule has 6 heteroatoms. The van der Waals surface area contributed by atoms with Crippen molar-refractivity contribution < 1.29 is 9.47 Å². The maximum absolute atomic E-state index is 5.63. The van der Waals surface area contributed by atoms with Crippen molar-refractivity contribution in [3.05, 3.63) is 36.4 Å². The molecule has 0 radical (unpaired) electrons. The molecule has 1 fully saturated rings. The van der Waals surface area contributed by atoms with Gasteiger partial charge in [0, 0.05) is 13.0 Å². The van der Waals surface area contributed by atoms with E-state index in [1.165, 1.54) is 5.69 Å². The SMILES string of the molecule is c1ccc2c(c1)N(CCC1OCCCO1)Cc1nncn1-2. The van der Waals surface area contributed by atoms with Crippen molar-refractivity contribution in [3.8, 4) is 5.69 Å². The van der Waals surface area contributed by atoms with Crippen LogP contribution >= 0.6 is 0 Å². The first-order valence-electron chi connectivity index (χ1n) is 7.38. The molecule has 0 atom stereocenters. The third-order valence-corrected chi connectivity index (χ3v) is 3.96. The van der Waals surface area contributed by atoms with Crippen LogP contribution in [0.15, 0.2) is 30.6 Å². The second kappa shape index (κ2) is 5.46. The molecule has 1 saturated heterocycles. The number of ether oxygens (including phenoxy) is 2. The number of benzene rings is 1. The van der Waals surface area contributed by atoms with Crippen LogP contribution in [0.2, 0.25) is 0 Å². The molecule has 3 heterocycles. The maximum atomic E-state index is 5.63. The van der Waals surface area contributed by atoms with Gasteiger partial charge in [0.1, 0.15) is 6.33 Å². The summed E-state index contributed by atoms with van der Waals surface area (Å²) in [6, 6.07) is 8.34. The Morgan fingerprint density at radius 2 is 1.95 bits per heavy atom. The quantitative estimate of drug-likeness (QED) is 0.860. The molecule has 2 aliphatic rings. The second-order valence-corrected chi connectivity index (χ2v) is 5.34. The molecule has 0 unspecified atom stereocenters. The van der Waals surface area contributed by atoms with E-state index in [2.05, 4.69) is 37.9 Å². The summed E-state index contributed by atoms with van der Waals surface area (Å²) in [5.74, 6) is 0.971. The standard InChI is InChI=1S/C15H18N4O2/c1-2-5-13-12(4-1)18(10-14-17-16-11-19(13)14)7-6-15-20-8-3-9-21-15/h1-2,4-5,11,15H,3,6-10H2. The Hall–Kier alpha value is -1.92. The first kappa shape index (κ1) is 12.8. The third kappa shape index (κ3) is 2.41. The Bertz CT molecular complexity index is 622. The van der Waals surface area contributed by atoms with Gasteiger partial charge in [0.15, 0.2) is 12.1 Å². The van der Waals surface area contributed by atoms with Crippen molar-refractivity contribution in [1.29, 1.82) is 0 Å². The first-order valence-corrected chi connectivity index (χ1v) is 7.38. The van der Waals surface area contributed by atoms with Gasteiger partial charge < -0.3 is 14.4 Å². The molecule has 4 rings (SSSR count). The zero-order chi connectivity index (χ0) is 14.1. The van der Waals surface area contributed by atoms with E-state index in [0.29, 0.717) is 0 Å². The van der Waals surface area contributed by atoms with E-state index in [1.54, 1.807) is 6.33 Å². The molecular weight excluding hydrogens is 268 g/mol. The van der Waals surface area contributed by atoms with Gasteiger partial charge in [-0.2, -0.15) is 0 Å².